The number of Topliss-reactive ketones (excluding diaryl/α,β-unsaturated/α-hetero) is 1. The van der Waals surface area contributed by atoms with E-state index in [-0.39, 0.29) is 27.9 Å². The van der Waals surface area contributed by atoms with Crippen LogP contribution >= 0.6 is 11.3 Å². The van der Waals surface area contributed by atoms with E-state index in [2.05, 4.69) is 30.4 Å². The molecular formula is C34H36N4O7S. The molecule has 1 fully saturated rings. The lowest BCUT2D eigenvalue weighted by molar-refractivity contribution is -0.132. The van der Waals surface area contributed by atoms with Crippen LogP contribution in [0.4, 0.5) is 5.13 Å². The van der Waals surface area contributed by atoms with Gasteiger partial charge in [-0.25, -0.2) is 14.8 Å². The summed E-state index contributed by atoms with van der Waals surface area (Å²) in [6, 6.07) is 7.71. The van der Waals surface area contributed by atoms with Crippen molar-refractivity contribution in [2.75, 3.05) is 25.2 Å². The molecule has 240 valence electrons. The van der Waals surface area contributed by atoms with Gasteiger partial charge in [-0.15, -0.1) is 0 Å². The second kappa shape index (κ2) is 13.2. The number of nitrogens with zero attached hydrogens (tertiary/aromatic N) is 4. The largest absolute Gasteiger partial charge is 0.505 e. The van der Waals surface area contributed by atoms with Gasteiger partial charge in [-0.3, -0.25) is 14.5 Å². The zero-order valence-corrected chi connectivity index (χ0v) is 27.4. The average molecular weight is 645 g/mol. The number of hydrogen-bond donors (Lipinski definition) is 1. The molecule has 11 nitrogen and oxygen atoms in total. The number of imidazole rings is 1. The Morgan fingerprint density at radius 3 is 2.59 bits per heavy atom. The molecule has 1 aromatic carbocycles. The minimum atomic E-state index is -1.13. The van der Waals surface area contributed by atoms with Gasteiger partial charge in [-0.1, -0.05) is 50.0 Å². The van der Waals surface area contributed by atoms with E-state index in [9.17, 15) is 19.5 Å². The Morgan fingerprint density at radius 2 is 1.91 bits per heavy atom. The monoisotopic (exact) mass is 644 g/mol. The SMILES string of the molecule is C=CCOC(=O)c1sc(N2C(=O)C(=O)/C(=C(/O)c3nc4c(C)cccn4c3C)C2c2ccc(OCCC(C)C)c(OC)c2)nc1C. The number of benzene rings is 1. The summed E-state index contributed by atoms with van der Waals surface area (Å²) in [6.07, 6.45) is 4.09. The van der Waals surface area contributed by atoms with Crippen molar-refractivity contribution in [2.45, 2.75) is 47.1 Å². The van der Waals surface area contributed by atoms with Gasteiger partial charge in [0.05, 0.1) is 36.7 Å². The Bertz CT molecular complexity index is 1890. The van der Waals surface area contributed by atoms with E-state index in [1.54, 1.807) is 32.0 Å². The standard InChI is InChI=1S/C34H36N4O7S/c1-8-15-45-33(42)30-20(5)35-34(46-30)38-27(22-11-12-23(24(17-22)43-7)44-16-13-18(2)3)25(29(40)32(38)41)28(39)26-21(6)37-14-9-10-19(4)31(37)36-26/h8-12,14,17-18,27,39H,1,13,15-16H2,2-7H3/b28-25+. The number of fused-ring (bicyclic) bond motifs is 1. The van der Waals surface area contributed by atoms with E-state index in [1.807, 2.05) is 29.7 Å². The zero-order chi connectivity index (χ0) is 33.3. The summed E-state index contributed by atoms with van der Waals surface area (Å²) in [5, 5.41) is 11.9. The van der Waals surface area contributed by atoms with Crippen molar-refractivity contribution in [3.05, 3.63) is 87.8 Å². The molecule has 0 radical (unpaired) electrons. The van der Waals surface area contributed by atoms with Crippen LogP contribution in [0, 0.1) is 26.7 Å². The van der Waals surface area contributed by atoms with Crippen molar-refractivity contribution in [2.24, 2.45) is 5.92 Å². The molecule has 3 aromatic heterocycles. The second-order valence-corrected chi connectivity index (χ2v) is 12.3. The first-order valence-corrected chi connectivity index (χ1v) is 15.6. The number of hydrogen-bond acceptors (Lipinski definition) is 10. The molecule has 4 heterocycles. The highest BCUT2D eigenvalue weighted by Gasteiger charge is 2.49. The van der Waals surface area contributed by atoms with Gasteiger partial charge in [0.1, 0.15) is 22.8 Å². The molecule has 0 bridgehead atoms. The number of ether oxygens (including phenoxy) is 3. The highest BCUT2D eigenvalue weighted by Crippen LogP contribution is 2.46. The number of anilines is 1. The van der Waals surface area contributed by atoms with Crippen molar-refractivity contribution in [1.82, 2.24) is 14.4 Å². The van der Waals surface area contributed by atoms with Crippen LogP contribution in [0.2, 0.25) is 0 Å². The fourth-order valence-corrected chi connectivity index (χ4v) is 6.26. The molecule has 1 aliphatic rings. The molecule has 5 rings (SSSR count). The average Bonchev–Trinajstić information content (AvgIpc) is 3.67. The number of aromatic nitrogens is 3. The van der Waals surface area contributed by atoms with Crippen LogP contribution in [-0.4, -0.2) is 57.5 Å². The normalized spacial score (nSPS) is 16.0. The molecule has 0 saturated carbocycles. The fraction of sp³-hybridized carbons (Fsp3) is 0.324. The number of carbonyl (C=O) groups excluding carboxylic acids is 3. The number of rotatable bonds is 11. The highest BCUT2D eigenvalue weighted by molar-refractivity contribution is 7.17. The van der Waals surface area contributed by atoms with Gasteiger partial charge in [0.2, 0.25) is 0 Å². The lowest BCUT2D eigenvalue weighted by Crippen LogP contribution is -2.29. The van der Waals surface area contributed by atoms with Crippen LogP contribution in [0.5, 0.6) is 11.5 Å². The number of aryl methyl sites for hydroxylation is 3. The van der Waals surface area contributed by atoms with Crippen LogP contribution < -0.4 is 14.4 Å². The van der Waals surface area contributed by atoms with Crippen LogP contribution in [0.1, 0.15) is 64.2 Å². The molecule has 0 aliphatic carbocycles. The lowest BCUT2D eigenvalue weighted by atomic mass is 9.96. The summed E-state index contributed by atoms with van der Waals surface area (Å²) in [7, 11) is 1.50. The Kier molecular flexibility index (Phi) is 9.29. The van der Waals surface area contributed by atoms with Crippen LogP contribution in [0.15, 0.2) is 54.8 Å². The Morgan fingerprint density at radius 1 is 1.15 bits per heavy atom. The number of thiazole rings is 1. The maximum Gasteiger partial charge on any atom is 0.350 e. The predicted molar refractivity (Wildman–Crippen MR) is 175 cm³/mol. The van der Waals surface area contributed by atoms with Crippen LogP contribution in [0.3, 0.4) is 0 Å². The highest BCUT2D eigenvalue weighted by atomic mass is 32.1. The Labute approximate surface area is 270 Å². The van der Waals surface area contributed by atoms with Gasteiger partial charge >= 0.3 is 11.9 Å². The molecule has 1 amide bonds. The second-order valence-electron chi connectivity index (χ2n) is 11.3. The van der Waals surface area contributed by atoms with Gasteiger partial charge in [-0.2, -0.15) is 0 Å². The van der Waals surface area contributed by atoms with E-state index < -0.39 is 29.5 Å². The van der Waals surface area contributed by atoms with Crippen molar-refractivity contribution in [3.63, 3.8) is 0 Å². The zero-order valence-electron chi connectivity index (χ0n) is 26.6. The summed E-state index contributed by atoms with van der Waals surface area (Å²) >= 11 is 0.918. The van der Waals surface area contributed by atoms with E-state index in [0.29, 0.717) is 46.6 Å². The lowest BCUT2D eigenvalue weighted by Gasteiger charge is -2.24. The first-order chi connectivity index (χ1) is 22.0. The topological polar surface area (TPSA) is 133 Å². The minimum absolute atomic E-state index is 0.000753. The van der Waals surface area contributed by atoms with Gasteiger partial charge in [0.15, 0.2) is 22.4 Å². The van der Waals surface area contributed by atoms with Gasteiger partial charge in [0, 0.05) is 6.20 Å². The number of methoxy groups -OCH3 is 1. The molecule has 1 atom stereocenters. The quantitative estimate of drug-likeness (QED) is 0.0674. The third kappa shape index (κ3) is 5.87. The molecule has 1 unspecified atom stereocenters. The van der Waals surface area contributed by atoms with E-state index in [4.69, 9.17) is 14.2 Å². The maximum atomic E-state index is 13.8. The molecule has 46 heavy (non-hydrogen) atoms. The molecule has 4 aromatic rings. The smallest absolute Gasteiger partial charge is 0.350 e. The van der Waals surface area contributed by atoms with Gasteiger partial charge < -0.3 is 23.7 Å². The first-order valence-electron chi connectivity index (χ1n) is 14.8. The number of amides is 1. The molecule has 12 heteroatoms. The Balaban J connectivity index is 1.69. The fourth-order valence-electron chi connectivity index (χ4n) is 5.27. The number of esters is 1. The number of aliphatic hydroxyl groups is 1. The van der Waals surface area contributed by atoms with Crippen molar-refractivity contribution in [1.29, 1.82) is 0 Å². The van der Waals surface area contributed by atoms with Gasteiger partial charge in [-0.05, 0) is 62.4 Å². The summed E-state index contributed by atoms with van der Waals surface area (Å²) in [4.78, 5) is 50.9. The Hall–Kier alpha value is -4.97. The summed E-state index contributed by atoms with van der Waals surface area (Å²) in [5.41, 5.74) is 2.84. The third-order valence-electron chi connectivity index (χ3n) is 7.72. The van der Waals surface area contributed by atoms with Crippen LogP contribution in [-0.2, 0) is 14.3 Å². The molecule has 1 N–H and O–H groups in total. The summed E-state index contributed by atoms with van der Waals surface area (Å²) in [6.45, 7) is 13.5. The number of aliphatic hydroxyl groups excluding tert-OH is 1. The van der Waals surface area contributed by atoms with E-state index >= 15 is 0 Å². The third-order valence-corrected chi connectivity index (χ3v) is 8.85. The number of ketones is 1. The van der Waals surface area contributed by atoms with Gasteiger partial charge in [0.25, 0.3) is 5.78 Å². The number of pyridine rings is 1. The van der Waals surface area contributed by atoms with Crippen molar-refractivity contribution < 1.29 is 33.7 Å². The predicted octanol–water partition coefficient (Wildman–Crippen LogP) is 6.12. The first kappa shape index (κ1) is 32.4. The van der Waals surface area contributed by atoms with Crippen molar-refractivity contribution >= 4 is 45.5 Å². The summed E-state index contributed by atoms with van der Waals surface area (Å²) < 4.78 is 18.6. The van der Waals surface area contributed by atoms with Crippen molar-refractivity contribution in [3.8, 4) is 11.5 Å². The van der Waals surface area contributed by atoms with Crippen LogP contribution in [0.25, 0.3) is 11.4 Å². The minimum Gasteiger partial charge on any atom is -0.505 e. The number of carbonyl (C=O) groups is 3. The van der Waals surface area contributed by atoms with E-state index in [1.165, 1.54) is 18.1 Å². The molecule has 1 saturated heterocycles. The van der Waals surface area contributed by atoms with E-state index in [0.717, 1.165) is 23.3 Å². The maximum absolute atomic E-state index is 13.8. The summed E-state index contributed by atoms with van der Waals surface area (Å²) in [5.74, 6) is -1.58. The molecule has 1 aliphatic heterocycles. The molecular weight excluding hydrogens is 608 g/mol. The molecule has 0 spiro atoms.